The van der Waals surface area contributed by atoms with E-state index in [0.717, 1.165) is 51.4 Å². The minimum atomic E-state index is -0.331. The van der Waals surface area contributed by atoms with Gasteiger partial charge < -0.3 is 10.8 Å². The summed E-state index contributed by atoms with van der Waals surface area (Å²) in [6.07, 6.45) is 13.3. The van der Waals surface area contributed by atoms with Crippen molar-refractivity contribution in [2.75, 3.05) is 0 Å². The summed E-state index contributed by atoms with van der Waals surface area (Å²) in [7, 11) is 0. The maximum atomic E-state index is 13.0. The lowest BCUT2D eigenvalue weighted by Crippen LogP contribution is -2.65. The molecule has 0 saturated heterocycles. The topological polar surface area (TPSA) is 63.3 Å². The molecule has 3 N–H and O–H groups in total. The zero-order valence-corrected chi connectivity index (χ0v) is 22.4. The molecular weight excluding hydrogens is 406 g/mol. The molecule has 0 aliphatic heterocycles. The summed E-state index contributed by atoms with van der Waals surface area (Å²) in [5, 5.41) is 10.9. The standard InChI is InChI=1S/C30H49NO2/c1-25(2)14-16-30(24(31)33)17-15-28(6)19(20(30)18-25)8-9-22-27(5)12-11-23(32)26(3,4)21(27)10-13-29(22,28)7/h8,20-23,32H,9-18H2,1-7H3,(H2,31,33)/t20?,21?,22?,23?,27?,28-,29?,30?/m1/s1. The van der Waals surface area contributed by atoms with Crippen molar-refractivity contribution in [1.82, 2.24) is 0 Å². The largest absolute Gasteiger partial charge is 0.393 e. The SMILES string of the molecule is CC1(C)CCC2(C(N)=O)CC[C@]3(C)C(=CCC4C5(C)CCC(O)C(C)(C)C5CCC43C)C2C1. The summed E-state index contributed by atoms with van der Waals surface area (Å²) in [5.74, 6) is 1.48. The summed E-state index contributed by atoms with van der Waals surface area (Å²) in [6, 6.07) is 0. The van der Waals surface area contributed by atoms with Gasteiger partial charge in [0.1, 0.15) is 0 Å². The van der Waals surface area contributed by atoms with E-state index in [1.807, 2.05) is 0 Å². The molecule has 8 atom stereocenters. The minimum Gasteiger partial charge on any atom is -0.393 e. The average molecular weight is 456 g/mol. The van der Waals surface area contributed by atoms with Gasteiger partial charge in [0.15, 0.2) is 0 Å². The first kappa shape index (κ1) is 23.9. The van der Waals surface area contributed by atoms with Gasteiger partial charge in [-0.05, 0) is 109 Å². The summed E-state index contributed by atoms with van der Waals surface area (Å²) in [6.45, 7) is 17.1. The summed E-state index contributed by atoms with van der Waals surface area (Å²) < 4.78 is 0. The van der Waals surface area contributed by atoms with Crippen molar-refractivity contribution in [3.05, 3.63) is 11.6 Å². The van der Waals surface area contributed by atoms with E-state index in [-0.39, 0.29) is 44.5 Å². The monoisotopic (exact) mass is 455 g/mol. The van der Waals surface area contributed by atoms with E-state index >= 15 is 0 Å². The van der Waals surface area contributed by atoms with Crippen molar-refractivity contribution in [3.8, 4) is 0 Å². The van der Waals surface area contributed by atoms with Gasteiger partial charge in [-0.3, -0.25) is 4.79 Å². The number of carbonyl (C=O) groups is 1. The Morgan fingerprint density at radius 3 is 2.24 bits per heavy atom. The van der Waals surface area contributed by atoms with Gasteiger partial charge in [0.2, 0.25) is 5.91 Å². The van der Waals surface area contributed by atoms with E-state index in [1.54, 1.807) is 5.57 Å². The highest BCUT2D eigenvalue weighted by Gasteiger charge is 2.68. The van der Waals surface area contributed by atoms with Crippen molar-refractivity contribution in [2.24, 2.45) is 56.0 Å². The number of carbonyl (C=O) groups excluding carboxylic acids is 1. The maximum absolute atomic E-state index is 13.0. The summed E-state index contributed by atoms with van der Waals surface area (Å²) in [4.78, 5) is 13.0. The predicted molar refractivity (Wildman–Crippen MR) is 134 cm³/mol. The first-order chi connectivity index (χ1) is 15.1. The molecule has 0 aromatic carbocycles. The predicted octanol–water partition coefficient (Wildman–Crippen LogP) is 6.63. The number of fused-ring (bicyclic) bond motifs is 7. The van der Waals surface area contributed by atoms with Crippen LogP contribution in [0.4, 0.5) is 0 Å². The molecule has 0 heterocycles. The molecule has 5 aliphatic carbocycles. The van der Waals surface area contributed by atoms with Crippen molar-refractivity contribution in [3.63, 3.8) is 0 Å². The van der Waals surface area contributed by atoms with Gasteiger partial charge in [-0.1, -0.05) is 60.1 Å². The smallest absolute Gasteiger partial charge is 0.224 e. The number of hydrogen-bond acceptors (Lipinski definition) is 2. The number of aliphatic hydroxyl groups excluding tert-OH is 1. The molecule has 7 unspecified atom stereocenters. The second kappa shape index (κ2) is 6.89. The van der Waals surface area contributed by atoms with Crippen molar-refractivity contribution in [2.45, 2.75) is 119 Å². The molecule has 1 amide bonds. The van der Waals surface area contributed by atoms with E-state index < -0.39 is 0 Å². The third-order valence-electron chi connectivity index (χ3n) is 13.1. The Bertz CT molecular complexity index is 888. The van der Waals surface area contributed by atoms with Crippen LogP contribution in [0.25, 0.3) is 0 Å². The van der Waals surface area contributed by atoms with Crippen LogP contribution < -0.4 is 5.73 Å². The Morgan fingerprint density at radius 1 is 0.909 bits per heavy atom. The van der Waals surface area contributed by atoms with Gasteiger partial charge in [0.25, 0.3) is 0 Å². The summed E-state index contributed by atoms with van der Waals surface area (Å²) in [5.41, 5.74) is 8.36. The van der Waals surface area contributed by atoms with E-state index in [4.69, 9.17) is 5.73 Å². The molecule has 3 nitrogen and oxygen atoms in total. The van der Waals surface area contributed by atoms with Gasteiger partial charge in [0.05, 0.1) is 11.5 Å². The van der Waals surface area contributed by atoms with Gasteiger partial charge >= 0.3 is 0 Å². The first-order valence-electron chi connectivity index (χ1n) is 13.8. The molecule has 4 saturated carbocycles. The van der Waals surface area contributed by atoms with Crippen LogP contribution in [0.2, 0.25) is 0 Å². The fraction of sp³-hybridized carbons (Fsp3) is 0.900. The highest BCUT2D eigenvalue weighted by atomic mass is 16.3. The molecule has 0 bridgehead atoms. The average Bonchev–Trinajstić information content (AvgIpc) is 2.71. The molecule has 33 heavy (non-hydrogen) atoms. The normalized spacial score (nSPS) is 52.4. The van der Waals surface area contributed by atoms with Gasteiger partial charge in [-0.2, -0.15) is 0 Å². The molecule has 0 spiro atoms. The van der Waals surface area contributed by atoms with Gasteiger partial charge in [-0.15, -0.1) is 0 Å². The molecule has 4 fully saturated rings. The van der Waals surface area contributed by atoms with Crippen LogP contribution in [0, 0.1) is 50.2 Å². The van der Waals surface area contributed by atoms with E-state index in [1.165, 1.54) is 12.8 Å². The third-order valence-corrected chi connectivity index (χ3v) is 13.1. The molecule has 5 rings (SSSR count). The lowest BCUT2D eigenvalue weighted by Gasteiger charge is -2.71. The van der Waals surface area contributed by atoms with Gasteiger partial charge in [0, 0.05) is 0 Å². The lowest BCUT2D eigenvalue weighted by molar-refractivity contribution is -0.203. The van der Waals surface area contributed by atoms with E-state index in [0.29, 0.717) is 17.8 Å². The number of nitrogens with two attached hydrogens (primary N) is 1. The zero-order chi connectivity index (χ0) is 24.2. The fourth-order valence-corrected chi connectivity index (χ4v) is 10.7. The molecule has 0 aromatic heterocycles. The molecule has 186 valence electrons. The van der Waals surface area contributed by atoms with Crippen LogP contribution in [-0.4, -0.2) is 17.1 Å². The van der Waals surface area contributed by atoms with Crippen LogP contribution in [-0.2, 0) is 4.79 Å². The highest BCUT2D eigenvalue weighted by molar-refractivity contribution is 5.82. The van der Waals surface area contributed by atoms with E-state index in [2.05, 4.69) is 54.5 Å². The first-order valence-corrected chi connectivity index (χ1v) is 13.8. The number of rotatable bonds is 1. The Hall–Kier alpha value is -0.830. The van der Waals surface area contributed by atoms with Crippen LogP contribution in [0.1, 0.15) is 113 Å². The van der Waals surface area contributed by atoms with Crippen LogP contribution in [0.5, 0.6) is 0 Å². The number of primary amides is 1. The number of hydrogen-bond donors (Lipinski definition) is 2. The highest BCUT2D eigenvalue weighted by Crippen LogP contribution is 2.75. The number of amides is 1. The third kappa shape index (κ3) is 2.87. The minimum absolute atomic E-state index is 0.0136. The zero-order valence-electron chi connectivity index (χ0n) is 22.4. The number of allylic oxidation sites excluding steroid dienone is 2. The molecule has 0 radical (unpaired) electrons. The van der Waals surface area contributed by atoms with E-state index in [9.17, 15) is 9.90 Å². The second-order valence-corrected chi connectivity index (χ2v) is 15.1. The Kier molecular flexibility index (Phi) is 4.99. The van der Waals surface area contributed by atoms with Crippen molar-refractivity contribution >= 4 is 5.91 Å². The molecule has 3 heteroatoms. The Balaban J connectivity index is 1.60. The molecule has 0 aromatic rings. The second-order valence-electron chi connectivity index (χ2n) is 15.1. The van der Waals surface area contributed by atoms with Crippen molar-refractivity contribution in [1.29, 1.82) is 0 Å². The fourth-order valence-electron chi connectivity index (χ4n) is 10.7. The maximum Gasteiger partial charge on any atom is 0.224 e. The summed E-state index contributed by atoms with van der Waals surface area (Å²) >= 11 is 0. The lowest BCUT2D eigenvalue weighted by atomic mass is 9.33. The number of aliphatic hydroxyl groups is 1. The Labute approximate surface area is 202 Å². The molecule has 5 aliphatic rings. The molecular formula is C30H49NO2. The van der Waals surface area contributed by atoms with Crippen LogP contribution in [0.15, 0.2) is 11.6 Å². The van der Waals surface area contributed by atoms with Crippen molar-refractivity contribution < 1.29 is 9.90 Å². The Morgan fingerprint density at radius 2 is 1.58 bits per heavy atom. The van der Waals surface area contributed by atoms with Crippen LogP contribution >= 0.6 is 0 Å². The van der Waals surface area contributed by atoms with Gasteiger partial charge in [-0.25, -0.2) is 0 Å². The quantitative estimate of drug-likeness (QED) is 0.436. The van der Waals surface area contributed by atoms with Crippen LogP contribution in [0.3, 0.4) is 0 Å².